The lowest BCUT2D eigenvalue weighted by Crippen LogP contribution is -2.29. The first-order valence-corrected chi connectivity index (χ1v) is 12.1. The summed E-state index contributed by atoms with van der Waals surface area (Å²) in [6, 6.07) is 10.8. The standard InChI is InChI=1S/C26H36F2N4O2/c27-21-11-15-23(16-12-21)31-25(33)29-19-9-7-5-3-1-2-4-6-8-10-20-30-26(34)32-24-17-13-22(28)14-18-24/h11-18H,1-10,19-20H2,(H2,29,31,33)(H2,30,32,34). The number of hydrogen-bond donors (Lipinski definition) is 4. The minimum atomic E-state index is -0.329. The molecule has 0 spiro atoms. The van der Waals surface area contributed by atoms with E-state index < -0.39 is 0 Å². The van der Waals surface area contributed by atoms with Crippen LogP contribution in [-0.4, -0.2) is 25.2 Å². The Balaban J connectivity index is 1.32. The molecule has 0 fully saturated rings. The SMILES string of the molecule is O=C(NCCCCCCCCCCCCNC(=O)Nc1ccc(F)cc1)Nc1ccc(F)cc1. The highest BCUT2D eigenvalue weighted by atomic mass is 19.1. The van der Waals surface area contributed by atoms with Gasteiger partial charge in [-0.2, -0.15) is 0 Å². The summed E-state index contributed by atoms with van der Waals surface area (Å²) in [6.45, 7) is 1.26. The molecule has 0 radical (unpaired) electrons. The van der Waals surface area contributed by atoms with Gasteiger partial charge in [-0.3, -0.25) is 0 Å². The largest absolute Gasteiger partial charge is 0.338 e. The normalized spacial score (nSPS) is 10.5. The minimum Gasteiger partial charge on any atom is -0.338 e. The summed E-state index contributed by atoms with van der Waals surface area (Å²) in [6.07, 6.45) is 11.2. The zero-order valence-corrected chi connectivity index (χ0v) is 19.7. The number of halogens is 2. The Bertz CT molecular complexity index is 773. The summed E-state index contributed by atoms with van der Waals surface area (Å²) in [5.74, 6) is -0.657. The predicted molar refractivity (Wildman–Crippen MR) is 133 cm³/mol. The van der Waals surface area contributed by atoms with Crippen LogP contribution in [-0.2, 0) is 0 Å². The number of carbonyl (C=O) groups excluding carboxylic acids is 2. The van der Waals surface area contributed by atoms with Gasteiger partial charge in [0.1, 0.15) is 11.6 Å². The number of rotatable bonds is 15. The van der Waals surface area contributed by atoms with Gasteiger partial charge in [0, 0.05) is 24.5 Å². The Kier molecular flexibility index (Phi) is 13.1. The summed E-state index contributed by atoms with van der Waals surface area (Å²) in [7, 11) is 0. The molecule has 0 atom stereocenters. The zero-order valence-electron chi connectivity index (χ0n) is 19.7. The van der Waals surface area contributed by atoms with Crippen molar-refractivity contribution in [3.05, 3.63) is 60.2 Å². The molecular formula is C26H36F2N4O2. The lowest BCUT2D eigenvalue weighted by Gasteiger charge is -2.08. The van der Waals surface area contributed by atoms with Crippen molar-refractivity contribution in [1.82, 2.24) is 10.6 Å². The minimum absolute atomic E-state index is 0.268. The average Bonchev–Trinajstić information content (AvgIpc) is 2.82. The molecule has 2 rings (SSSR count). The Labute approximate surface area is 200 Å². The number of unbranched alkanes of at least 4 members (excludes halogenated alkanes) is 9. The average molecular weight is 475 g/mol. The number of carbonyl (C=O) groups is 2. The summed E-state index contributed by atoms with van der Waals surface area (Å²) in [5, 5.41) is 11.0. The van der Waals surface area contributed by atoms with Crippen LogP contribution in [0.15, 0.2) is 48.5 Å². The molecule has 8 heteroatoms. The predicted octanol–water partition coefficient (Wildman–Crippen LogP) is 6.81. The van der Waals surface area contributed by atoms with Gasteiger partial charge in [0.25, 0.3) is 0 Å². The maximum atomic E-state index is 12.8. The number of urea groups is 2. The zero-order chi connectivity index (χ0) is 24.4. The molecule has 0 aliphatic rings. The lowest BCUT2D eigenvalue weighted by molar-refractivity contribution is 0.251. The van der Waals surface area contributed by atoms with Crippen LogP contribution in [0.4, 0.5) is 29.7 Å². The molecule has 0 bridgehead atoms. The van der Waals surface area contributed by atoms with Crippen LogP contribution in [0.3, 0.4) is 0 Å². The molecule has 0 heterocycles. The molecule has 6 nitrogen and oxygen atoms in total. The van der Waals surface area contributed by atoms with Gasteiger partial charge >= 0.3 is 12.1 Å². The highest BCUT2D eigenvalue weighted by molar-refractivity contribution is 5.89. The number of amides is 4. The van der Waals surface area contributed by atoms with Crippen molar-refractivity contribution in [2.45, 2.75) is 64.2 Å². The van der Waals surface area contributed by atoms with Gasteiger partial charge in [0.15, 0.2) is 0 Å². The van der Waals surface area contributed by atoms with E-state index in [9.17, 15) is 18.4 Å². The Morgan fingerprint density at radius 3 is 1.12 bits per heavy atom. The lowest BCUT2D eigenvalue weighted by atomic mass is 10.1. The molecular weight excluding hydrogens is 438 g/mol. The van der Waals surface area contributed by atoms with Crippen LogP contribution >= 0.6 is 0 Å². The van der Waals surface area contributed by atoms with Gasteiger partial charge in [-0.05, 0) is 61.4 Å². The van der Waals surface area contributed by atoms with Crippen molar-refractivity contribution in [3.63, 3.8) is 0 Å². The van der Waals surface area contributed by atoms with E-state index >= 15 is 0 Å². The van der Waals surface area contributed by atoms with Gasteiger partial charge in [0.2, 0.25) is 0 Å². The first-order chi connectivity index (χ1) is 16.5. The Morgan fingerprint density at radius 2 is 0.794 bits per heavy atom. The van der Waals surface area contributed by atoms with Crippen molar-refractivity contribution in [2.75, 3.05) is 23.7 Å². The molecule has 2 aromatic carbocycles. The highest BCUT2D eigenvalue weighted by Crippen LogP contribution is 2.11. The fourth-order valence-corrected chi connectivity index (χ4v) is 3.49. The molecule has 186 valence electrons. The molecule has 4 amide bonds. The van der Waals surface area contributed by atoms with Crippen LogP contribution in [0.25, 0.3) is 0 Å². The van der Waals surface area contributed by atoms with E-state index in [1.807, 2.05) is 0 Å². The molecule has 34 heavy (non-hydrogen) atoms. The second-order valence-corrected chi connectivity index (χ2v) is 8.31. The number of hydrogen-bond acceptors (Lipinski definition) is 2. The third kappa shape index (κ3) is 12.8. The third-order valence-electron chi connectivity index (χ3n) is 5.38. The third-order valence-corrected chi connectivity index (χ3v) is 5.38. The van der Waals surface area contributed by atoms with Gasteiger partial charge in [-0.25, -0.2) is 18.4 Å². The first kappa shape index (κ1) is 27.1. The van der Waals surface area contributed by atoms with Crippen molar-refractivity contribution in [2.24, 2.45) is 0 Å². The van der Waals surface area contributed by atoms with Crippen molar-refractivity contribution >= 4 is 23.4 Å². The van der Waals surface area contributed by atoms with E-state index in [4.69, 9.17) is 0 Å². The highest BCUT2D eigenvalue weighted by Gasteiger charge is 2.02. The Hall–Kier alpha value is -3.16. The smallest absolute Gasteiger partial charge is 0.319 e. The van der Waals surface area contributed by atoms with Crippen molar-refractivity contribution in [3.8, 4) is 0 Å². The van der Waals surface area contributed by atoms with Crippen molar-refractivity contribution < 1.29 is 18.4 Å². The molecule has 0 saturated carbocycles. The number of anilines is 2. The van der Waals surface area contributed by atoms with Crippen LogP contribution in [0, 0.1) is 11.6 Å². The van der Waals surface area contributed by atoms with E-state index in [0.717, 1.165) is 38.5 Å². The molecule has 0 unspecified atom stereocenters. The fourth-order valence-electron chi connectivity index (χ4n) is 3.49. The van der Waals surface area contributed by atoms with Crippen molar-refractivity contribution in [1.29, 1.82) is 0 Å². The number of nitrogens with one attached hydrogen (secondary N) is 4. The maximum absolute atomic E-state index is 12.8. The second-order valence-electron chi connectivity index (χ2n) is 8.31. The maximum Gasteiger partial charge on any atom is 0.319 e. The summed E-state index contributed by atoms with van der Waals surface area (Å²) in [5.41, 5.74) is 1.14. The second kappa shape index (κ2) is 16.5. The molecule has 2 aromatic rings. The summed E-state index contributed by atoms with van der Waals surface area (Å²) in [4.78, 5) is 23.5. The fraction of sp³-hybridized carbons (Fsp3) is 0.462. The van der Waals surface area contributed by atoms with E-state index in [0.29, 0.717) is 24.5 Å². The van der Waals surface area contributed by atoms with Crippen LogP contribution in [0.2, 0.25) is 0 Å². The van der Waals surface area contributed by atoms with E-state index in [2.05, 4.69) is 21.3 Å². The van der Waals surface area contributed by atoms with Crippen LogP contribution in [0.1, 0.15) is 64.2 Å². The summed E-state index contributed by atoms with van der Waals surface area (Å²) < 4.78 is 25.7. The molecule has 0 aliphatic carbocycles. The van der Waals surface area contributed by atoms with E-state index in [-0.39, 0.29) is 23.7 Å². The van der Waals surface area contributed by atoms with Gasteiger partial charge in [-0.15, -0.1) is 0 Å². The van der Waals surface area contributed by atoms with E-state index in [1.165, 1.54) is 74.2 Å². The van der Waals surface area contributed by atoms with Crippen LogP contribution in [0.5, 0.6) is 0 Å². The van der Waals surface area contributed by atoms with Gasteiger partial charge in [0.05, 0.1) is 0 Å². The topological polar surface area (TPSA) is 82.3 Å². The Morgan fingerprint density at radius 1 is 0.500 bits per heavy atom. The van der Waals surface area contributed by atoms with Gasteiger partial charge in [-0.1, -0.05) is 51.4 Å². The molecule has 0 aliphatic heterocycles. The first-order valence-electron chi connectivity index (χ1n) is 12.1. The quantitative estimate of drug-likeness (QED) is 0.214. The van der Waals surface area contributed by atoms with Crippen LogP contribution < -0.4 is 21.3 Å². The van der Waals surface area contributed by atoms with Gasteiger partial charge < -0.3 is 21.3 Å². The molecule has 0 aromatic heterocycles. The molecule has 0 saturated heterocycles. The summed E-state index contributed by atoms with van der Waals surface area (Å²) >= 11 is 0. The number of benzene rings is 2. The monoisotopic (exact) mass is 474 g/mol. The van der Waals surface area contributed by atoms with E-state index in [1.54, 1.807) is 0 Å². The molecule has 4 N–H and O–H groups in total.